The standard InChI is InChI=1S/C9H10N2O4/c1-15-7-2-3-11-8(9(13)14)6(7)4-10-5-12/h2-3,5H,4H2,1H3,(H,10,12)(H,13,14). The van der Waals surface area contributed by atoms with E-state index in [0.29, 0.717) is 17.7 Å². The van der Waals surface area contributed by atoms with Crippen molar-refractivity contribution in [2.45, 2.75) is 6.54 Å². The lowest BCUT2D eigenvalue weighted by atomic mass is 10.1. The first kappa shape index (κ1) is 11.0. The third kappa shape index (κ3) is 2.43. The van der Waals surface area contributed by atoms with Crippen LogP contribution in [0.1, 0.15) is 16.1 Å². The summed E-state index contributed by atoms with van der Waals surface area (Å²) in [6, 6.07) is 1.54. The van der Waals surface area contributed by atoms with E-state index in [0.717, 1.165) is 0 Å². The number of pyridine rings is 1. The van der Waals surface area contributed by atoms with Gasteiger partial charge in [-0.2, -0.15) is 0 Å². The fraction of sp³-hybridized carbons (Fsp3) is 0.222. The first-order valence-corrected chi connectivity index (χ1v) is 4.13. The lowest BCUT2D eigenvalue weighted by Crippen LogP contribution is -2.16. The molecule has 80 valence electrons. The fourth-order valence-corrected chi connectivity index (χ4v) is 1.16. The van der Waals surface area contributed by atoms with E-state index in [-0.39, 0.29) is 12.2 Å². The monoisotopic (exact) mass is 210 g/mol. The number of methoxy groups -OCH3 is 1. The van der Waals surface area contributed by atoms with Crippen LogP contribution in [-0.2, 0) is 11.3 Å². The number of aromatic nitrogens is 1. The Labute approximate surface area is 85.9 Å². The molecule has 0 aliphatic heterocycles. The van der Waals surface area contributed by atoms with Gasteiger partial charge in [0.15, 0.2) is 5.69 Å². The summed E-state index contributed by atoms with van der Waals surface area (Å²) in [5.74, 6) is -0.770. The van der Waals surface area contributed by atoms with Gasteiger partial charge in [-0.15, -0.1) is 0 Å². The Morgan fingerprint density at radius 3 is 3.00 bits per heavy atom. The zero-order valence-electron chi connectivity index (χ0n) is 8.06. The topological polar surface area (TPSA) is 88.5 Å². The fourth-order valence-electron chi connectivity index (χ4n) is 1.16. The number of carbonyl (C=O) groups excluding carboxylic acids is 1. The van der Waals surface area contributed by atoms with Gasteiger partial charge >= 0.3 is 5.97 Å². The summed E-state index contributed by atoms with van der Waals surface area (Å²) in [6.07, 6.45) is 1.82. The third-order valence-electron chi connectivity index (χ3n) is 1.80. The molecule has 0 fully saturated rings. The molecule has 0 spiro atoms. The van der Waals surface area contributed by atoms with Crippen molar-refractivity contribution in [3.05, 3.63) is 23.5 Å². The van der Waals surface area contributed by atoms with Gasteiger partial charge in [0.25, 0.3) is 0 Å². The molecule has 0 radical (unpaired) electrons. The van der Waals surface area contributed by atoms with Gasteiger partial charge in [0.2, 0.25) is 6.41 Å². The van der Waals surface area contributed by atoms with E-state index in [1.54, 1.807) is 0 Å². The summed E-state index contributed by atoms with van der Waals surface area (Å²) in [7, 11) is 1.42. The minimum Gasteiger partial charge on any atom is -0.496 e. The maximum atomic E-state index is 10.8. The lowest BCUT2D eigenvalue weighted by molar-refractivity contribution is -0.109. The first-order chi connectivity index (χ1) is 7.20. The van der Waals surface area contributed by atoms with Gasteiger partial charge in [-0.25, -0.2) is 9.78 Å². The molecule has 1 rings (SSSR count). The van der Waals surface area contributed by atoms with E-state index in [4.69, 9.17) is 9.84 Å². The van der Waals surface area contributed by atoms with Gasteiger partial charge in [-0.1, -0.05) is 0 Å². The van der Waals surface area contributed by atoms with Crippen LogP contribution in [-0.4, -0.2) is 29.6 Å². The van der Waals surface area contributed by atoms with Gasteiger partial charge in [-0.3, -0.25) is 4.79 Å². The van der Waals surface area contributed by atoms with Crippen LogP contribution in [0.2, 0.25) is 0 Å². The number of carbonyl (C=O) groups is 2. The van der Waals surface area contributed by atoms with Gasteiger partial charge in [-0.05, 0) is 6.07 Å². The average Bonchev–Trinajstić information content (AvgIpc) is 2.25. The molecule has 0 aliphatic rings. The quantitative estimate of drug-likeness (QED) is 0.669. The molecule has 0 aliphatic carbocycles. The normalized spacial score (nSPS) is 9.40. The van der Waals surface area contributed by atoms with Crippen LogP contribution in [0.15, 0.2) is 12.3 Å². The Bertz CT molecular complexity index is 378. The molecule has 0 saturated heterocycles. The highest BCUT2D eigenvalue weighted by atomic mass is 16.5. The van der Waals surface area contributed by atoms with E-state index >= 15 is 0 Å². The van der Waals surface area contributed by atoms with Gasteiger partial charge in [0.05, 0.1) is 7.11 Å². The molecule has 1 amide bonds. The van der Waals surface area contributed by atoms with Crippen LogP contribution in [0, 0.1) is 0 Å². The Morgan fingerprint density at radius 2 is 2.47 bits per heavy atom. The highest BCUT2D eigenvalue weighted by Crippen LogP contribution is 2.19. The summed E-state index contributed by atoms with van der Waals surface area (Å²) in [4.78, 5) is 24.7. The van der Waals surface area contributed by atoms with Crippen molar-refractivity contribution < 1.29 is 19.4 Å². The number of hydrogen-bond donors (Lipinski definition) is 2. The van der Waals surface area contributed by atoms with Crippen LogP contribution in [0.4, 0.5) is 0 Å². The highest BCUT2D eigenvalue weighted by Gasteiger charge is 2.15. The maximum absolute atomic E-state index is 10.8. The molecule has 15 heavy (non-hydrogen) atoms. The van der Waals surface area contributed by atoms with E-state index in [1.165, 1.54) is 19.4 Å². The van der Waals surface area contributed by atoms with Crippen LogP contribution < -0.4 is 10.1 Å². The summed E-state index contributed by atoms with van der Waals surface area (Å²) < 4.78 is 4.97. The number of amides is 1. The Kier molecular flexibility index (Phi) is 3.61. The number of rotatable bonds is 5. The van der Waals surface area contributed by atoms with E-state index < -0.39 is 5.97 Å². The molecule has 1 heterocycles. The predicted molar refractivity (Wildman–Crippen MR) is 50.7 cm³/mol. The van der Waals surface area contributed by atoms with Gasteiger partial charge < -0.3 is 15.2 Å². The van der Waals surface area contributed by atoms with Gasteiger partial charge in [0, 0.05) is 18.3 Å². The molecular weight excluding hydrogens is 200 g/mol. The molecule has 1 aromatic rings. The third-order valence-corrected chi connectivity index (χ3v) is 1.80. The van der Waals surface area contributed by atoms with Gasteiger partial charge in [0.1, 0.15) is 5.75 Å². The zero-order chi connectivity index (χ0) is 11.3. The second-order valence-electron chi connectivity index (χ2n) is 2.64. The molecule has 2 N–H and O–H groups in total. The Hall–Kier alpha value is -2.11. The second-order valence-corrected chi connectivity index (χ2v) is 2.64. The van der Waals surface area contributed by atoms with Crippen molar-refractivity contribution in [2.75, 3.05) is 7.11 Å². The molecule has 0 aromatic carbocycles. The average molecular weight is 210 g/mol. The molecular formula is C9H10N2O4. The summed E-state index contributed by atoms with van der Waals surface area (Å²) >= 11 is 0. The number of carboxylic acids is 1. The zero-order valence-corrected chi connectivity index (χ0v) is 8.06. The number of nitrogens with one attached hydrogen (secondary N) is 1. The van der Waals surface area contributed by atoms with Crippen molar-refractivity contribution >= 4 is 12.4 Å². The van der Waals surface area contributed by atoms with Crippen LogP contribution >= 0.6 is 0 Å². The van der Waals surface area contributed by atoms with Crippen LogP contribution in [0.5, 0.6) is 5.75 Å². The van der Waals surface area contributed by atoms with Crippen LogP contribution in [0.25, 0.3) is 0 Å². The van der Waals surface area contributed by atoms with E-state index in [2.05, 4.69) is 10.3 Å². The Balaban J connectivity index is 3.14. The second kappa shape index (κ2) is 4.94. The minimum absolute atomic E-state index is 0.0716. The van der Waals surface area contributed by atoms with E-state index in [1.807, 2.05) is 0 Å². The summed E-state index contributed by atoms with van der Waals surface area (Å²) in [5.41, 5.74) is 0.225. The molecule has 0 saturated carbocycles. The van der Waals surface area contributed by atoms with Crippen molar-refractivity contribution in [1.29, 1.82) is 0 Å². The van der Waals surface area contributed by atoms with E-state index in [9.17, 15) is 9.59 Å². The number of carboxylic acid groups (broad SMARTS) is 1. The van der Waals surface area contributed by atoms with Crippen LogP contribution in [0.3, 0.4) is 0 Å². The number of hydrogen-bond acceptors (Lipinski definition) is 4. The number of ether oxygens (including phenoxy) is 1. The summed E-state index contributed by atoms with van der Waals surface area (Å²) in [6.45, 7) is 0.0716. The maximum Gasteiger partial charge on any atom is 0.354 e. The molecule has 1 aromatic heterocycles. The SMILES string of the molecule is COc1ccnc(C(=O)O)c1CNC=O. The molecule has 6 nitrogen and oxygen atoms in total. The largest absolute Gasteiger partial charge is 0.496 e. The number of nitrogens with zero attached hydrogens (tertiary/aromatic N) is 1. The first-order valence-electron chi connectivity index (χ1n) is 4.13. The van der Waals surface area contributed by atoms with Crippen molar-refractivity contribution in [3.63, 3.8) is 0 Å². The Morgan fingerprint density at radius 1 is 1.73 bits per heavy atom. The van der Waals surface area contributed by atoms with Crippen molar-refractivity contribution in [2.24, 2.45) is 0 Å². The molecule has 0 atom stereocenters. The predicted octanol–water partition coefficient (Wildman–Crippen LogP) is 0.0344. The molecule has 0 bridgehead atoms. The lowest BCUT2D eigenvalue weighted by Gasteiger charge is -2.09. The van der Waals surface area contributed by atoms with Crippen molar-refractivity contribution in [3.8, 4) is 5.75 Å². The smallest absolute Gasteiger partial charge is 0.354 e. The molecule has 0 unspecified atom stereocenters. The van der Waals surface area contributed by atoms with Crippen molar-refractivity contribution in [1.82, 2.24) is 10.3 Å². The highest BCUT2D eigenvalue weighted by molar-refractivity contribution is 5.87. The molecule has 6 heteroatoms. The minimum atomic E-state index is -1.16. The number of aromatic carboxylic acids is 1. The summed E-state index contributed by atoms with van der Waals surface area (Å²) in [5, 5.41) is 11.2.